The molecule has 2 aliphatic rings. The lowest BCUT2D eigenvalue weighted by atomic mass is 9.79. The largest absolute Gasteiger partial charge is 0.480 e. The molecule has 1 heterocycles. The van der Waals surface area contributed by atoms with Crippen LogP contribution in [0.2, 0.25) is 0 Å². The SMILES string of the molecule is CC1CC(C)CC(N2CCCC(CNCC(=O)O)C2)C1. The normalized spacial score (nSPS) is 35.9. The average Bonchev–Trinajstić information content (AvgIpc) is 2.37. The van der Waals surface area contributed by atoms with Gasteiger partial charge in [-0.15, -0.1) is 0 Å². The van der Waals surface area contributed by atoms with E-state index in [0.717, 1.165) is 31.0 Å². The highest BCUT2D eigenvalue weighted by Gasteiger charge is 2.31. The van der Waals surface area contributed by atoms with E-state index in [1.54, 1.807) is 0 Å². The van der Waals surface area contributed by atoms with Gasteiger partial charge in [0, 0.05) is 12.6 Å². The molecule has 4 heteroatoms. The third kappa shape index (κ3) is 4.74. The van der Waals surface area contributed by atoms with Crippen molar-refractivity contribution in [2.24, 2.45) is 17.8 Å². The summed E-state index contributed by atoms with van der Waals surface area (Å²) in [5.41, 5.74) is 0. The second-order valence-electron chi connectivity index (χ2n) is 7.10. The minimum Gasteiger partial charge on any atom is -0.480 e. The van der Waals surface area contributed by atoms with Gasteiger partial charge in [-0.2, -0.15) is 0 Å². The van der Waals surface area contributed by atoms with Crippen molar-refractivity contribution >= 4 is 5.97 Å². The van der Waals surface area contributed by atoms with E-state index in [1.807, 2.05) is 0 Å². The van der Waals surface area contributed by atoms with Crippen molar-refractivity contribution in [3.8, 4) is 0 Å². The third-order valence-electron chi connectivity index (χ3n) is 4.93. The Morgan fingerprint density at radius 3 is 2.60 bits per heavy atom. The van der Waals surface area contributed by atoms with Gasteiger partial charge in [-0.3, -0.25) is 4.79 Å². The monoisotopic (exact) mass is 282 g/mol. The zero-order valence-corrected chi connectivity index (χ0v) is 13.0. The number of carboxylic acid groups (broad SMARTS) is 1. The van der Waals surface area contributed by atoms with Crippen LogP contribution in [-0.2, 0) is 4.79 Å². The van der Waals surface area contributed by atoms with Crippen molar-refractivity contribution in [2.45, 2.75) is 52.0 Å². The van der Waals surface area contributed by atoms with Crippen LogP contribution in [0.4, 0.5) is 0 Å². The Balaban J connectivity index is 1.79. The molecule has 2 N–H and O–H groups in total. The molecule has 0 aromatic rings. The van der Waals surface area contributed by atoms with Crippen LogP contribution < -0.4 is 5.32 Å². The quantitative estimate of drug-likeness (QED) is 0.811. The summed E-state index contributed by atoms with van der Waals surface area (Å²) in [6.45, 7) is 8.10. The van der Waals surface area contributed by atoms with Crippen molar-refractivity contribution in [1.82, 2.24) is 10.2 Å². The Kier molecular flexibility index (Phi) is 5.85. The van der Waals surface area contributed by atoms with Gasteiger partial charge < -0.3 is 15.3 Å². The molecule has 0 aromatic heterocycles. The Labute approximate surface area is 122 Å². The summed E-state index contributed by atoms with van der Waals surface area (Å²) < 4.78 is 0. The molecule has 0 radical (unpaired) electrons. The van der Waals surface area contributed by atoms with E-state index >= 15 is 0 Å². The van der Waals surface area contributed by atoms with E-state index < -0.39 is 5.97 Å². The minimum absolute atomic E-state index is 0.0913. The van der Waals surface area contributed by atoms with Gasteiger partial charge in [0.1, 0.15) is 0 Å². The summed E-state index contributed by atoms with van der Waals surface area (Å²) in [6, 6.07) is 0.760. The second-order valence-corrected chi connectivity index (χ2v) is 7.10. The van der Waals surface area contributed by atoms with Crippen LogP contribution >= 0.6 is 0 Å². The first-order valence-electron chi connectivity index (χ1n) is 8.21. The lowest BCUT2D eigenvalue weighted by molar-refractivity contribution is -0.136. The fraction of sp³-hybridized carbons (Fsp3) is 0.938. The van der Waals surface area contributed by atoms with E-state index in [9.17, 15) is 4.79 Å². The molecule has 1 aliphatic carbocycles. The van der Waals surface area contributed by atoms with Crippen molar-refractivity contribution in [2.75, 3.05) is 26.2 Å². The zero-order valence-electron chi connectivity index (χ0n) is 13.0. The molecule has 0 aromatic carbocycles. The topological polar surface area (TPSA) is 52.6 Å². The fourth-order valence-electron chi connectivity index (χ4n) is 4.18. The fourth-order valence-corrected chi connectivity index (χ4v) is 4.18. The van der Waals surface area contributed by atoms with Crippen LogP contribution in [0.5, 0.6) is 0 Å². The number of nitrogens with one attached hydrogen (secondary N) is 1. The van der Waals surface area contributed by atoms with Gasteiger partial charge in [-0.25, -0.2) is 0 Å². The minimum atomic E-state index is -0.757. The Morgan fingerprint density at radius 1 is 1.25 bits per heavy atom. The summed E-state index contributed by atoms with van der Waals surface area (Å²) >= 11 is 0. The molecule has 1 aliphatic heterocycles. The number of rotatable bonds is 5. The van der Waals surface area contributed by atoms with Gasteiger partial charge in [0.05, 0.1) is 6.54 Å². The highest BCUT2D eigenvalue weighted by atomic mass is 16.4. The molecular weight excluding hydrogens is 252 g/mol. The average molecular weight is 282 g/mol. The number of carbonyl (C=O) groups is 1. The van der Waals surface area contributed by atoms with Crippen LogP contribution in [0.1, 0.15) is 46.0 Å². The lowest BCUT2D eigenvalue weighted by Crippen LogP contribution is -2.47. The predicted octanol–water partition coefficient (Wildman–Crippen LogP) is 2.20. The lowest BCUT2D eigenvalue weighted by Gasteiger charge is -2.43. The molecule has 1 saturated heterocycles. The first-order chi connectivity index (χ1) is 9.54. The van der Waals surface area contributed by atoms with Crippen molar-refractivity contribution < 1.29 is 9.90 Å². The van der Waals surface area contributed by atoms with Crippen LogP contribution in [-0.4, -0.2) is 48.2 Å². The molecule has 4 nitrogen and oxygen atoms in total. The number of likely N-dealkylation sites (tertiary alicyclic amines) is 1. The molecule has 116 valence electrons. The maximum atomic E-state index is 10.6. The van der Waals surface area contributed by atoms with Gasteiger partial charge in [-0.05, 0) is 62.9 Å². The molecule has 1 saturated carbocycles. The second kappa shape index (κ2) is 7.41. The highest BCUT2D eigenvalue weighted by Crippen LogP contribution is 2.33. The molecule has 0 spiro atoms. The number of nitrogens with zero attached hydrogens (tertiary/aromatic N) is 1. The number of hydrogen-bond donors (Lipinski definition) is 2. The van der Waals surface area contributed by atoms with Gasteiger partial charge in [0.25, 0.3) is 0 Å². The molecule has 3 unspecified atom stereocenters. The summed E-state index contributed by atoms with van der Waals surface area (Å²) in [5.74, 6) is 1.58. The zero-order chi connectivity index (χ0) is 14.5. The first-order valence-corrected chi connectivity index (χ1v) is 8.21. The number of hydrogen-bond acceptors (Lipinski definition) is 3. The van der Waals surface area contributed by atoms with Gasteiger partial charge in [0.2, 0.25) is 0 Å². The van der Waals surface area contributed by atoms with E-state index in [-0.39, 0.29) is 6.54 Å². The molecular formula is C16H30N2O2. The van der Waals surface area contributed by atoms with Crippen molar-refractivity contribution in [1.29, 1.82) is 0 Å². The molecule has 3 atom stereocenters. The summed E-state index contributed by atoms with van der Waals surface area (Å²) in [7, 11) is 0. The van der Waals surface area contributed by atoms with E-state index in [1.165, 1.54) is 38.6 Å². The summed E-state index contributed by atoms with van der Waals surface area (Å²) in [6.07, 6.45) is 6.58. The van der Waals surface area contributed by atoms with Crippen LogP contribution in [0.15, 0.2) is 0 Å². The molecule has 2 rings (SSSR count). The standard InChI is InChI=1S/C16H30N2O2/c1-12-6-13(2)8-15(7-12)18-5-3-4-14(11-18)9-17-10-16(19)20/h12-15,17H,3-11H2,1-2H3,(H,19,20). The maximum Gasteiger partial charge on any atom is 0.317 e. The Bertz CT molecular complexity index is 312. The van der Waals surface area contributed by atoms with Gasteiger partial charge >= 0.3 is 5.97 Å². The van der Waals surface area contributed by atoms with E-state index in [0.29, 0.717) is 5.92 Å². The van der Waals surface area contributed by atoms with Crippen molar-refractivity contribution in [3.05, 3.63) is 0 Å². The van der Waals surface area contributed by atoms with Crippen molar-refractivity contribution in [3.63, 3.8) is 0 Å². The van der Waals surface area contributed by atoms with Crippen LogP contribution in [0, 0.1) is 17.8 Å². The molecule has 0 amide bonds. The highest BCUT2D eigenvalue weighted by molar-refractivity contribution is 5.68. The smallest absolute Gasteiger partial charge is 0.317 e. The number of piperidine rings is 1. The van der Waals surface area contributed by atoms with E-state index in [2.05, 4.69) is 24.1 Å². The summed E-state index contributed by atoms with van der Waals surface area (Å²) in [4.78, 5) is 13.2. The number of carboxylic acids is 1. The van der Waals surface area contributed by atoms with Crippen LogP contribution in [0.3, 0.4) is 0 Å². The molecule has 2 fully saturated rings. The van der Waals surface area contributed by atoms with Crippen LogP contribution in [0.25, 0.3) is 0 Å². The molecule has 0 bridgehead atoms. The van der Waals surface area contributed by atoms with E-state index in [4.69, 9.17) is 5.11 Å². The maximum absolute atomic E-state index is 10.6. The third-order valence-corrected chi connectivity index (χ3v) is 4.93. The molecule has 20 heavy (non-hydrogen) atoms. The Morgan fingerprint density at radius 2 is 1.95 bits per heavy atom. The number of aliphatic carboxylic acids is 1. The van der Waals surface area contributed by atoms with Gasteiger partial charge in [-0.1, -0.05) is 13.8 Å². The summed E-state index contributed by atoms with van der Waals surface area (Å²) in [5, 5.41) is 11.8. The predicted molar refractivity (Wildman–Crippen MR) is 80.8 cm³/mol. The van der Waals surface area contributed by atoms with Gasteiger partial charge in [0.15, 0.2) is 0 Å². The Hall–Kier alpha value is -0.610. The first kappa shape index (κ1) is 15.8.